The fourth-order valence-corrected chi connectivity index (χ4v) is 1.16. The second-order valence-electron chi connectivity index (χ2n) is 1.91. The molecule has 11 heavy (non-hydrogen) atoms. The molecule has 0 amide bonds. The largest absolute Gasteiger partial charge is 0.394 e. The van der Waals surface area contributed by atoms with E-state index in [2.05, 4.69) is 5.16 Å². The number of oxime groups is 1. The maximum Gasteiger partial charge on any atom is 0.129 e. The third-order valence-electron chi connectivity index (χ3n) is 1.03. The Labute approximate surface area is 69.5 Å². The second kappa shape index (κ2) is 4.87. The first kappa shape index (κ1) is 8.23. The summed E-state index contributed by atoms with van der Waals surface area (Å²) >= 11 is 1.63. The molecule has 60 valence electrons. The predicted molar refractivity (Wildman–Crippen MR) is 46.9 cm³/mol. The van der Waals surface area contributed by atoms with E-state index in [1.54, 1.807) is 17.6 Å². The van der Waals surface area contributed by atoms with E-state index in [1.165, 1.54) is 0 Å². The molecule has 0 aliphatic rings. The van der Waals surface area contributed by atoms with Gasteiger partial charge in [-0.05, 0) is 16.8 Å². The third kappa shape index (κ3) is 3.15. The highest BCUT2D eigenvalue weighted by molar-refractivity contribution is 7.08. The maximum atomic E-state index is 5.19. The van der Waals surface area contributed by atoms with Crippen LogP contribution in [0.5, 0.6) is 0 Å². The normalized spacial score (nSPS) is 10.6. The number of hydrogen-bond acceptors (Lipinski definition) is 4. The Morgan fingerprint density at radius 1 is 1.73 bits per heavy atom. The molecule has 0 atom stereocenters. The molecular weight excluding hydrogens is 160 g/mol. The van der Waals surface area contributed by atoms with Crippen LogP contribution in [0.25, 0.3) is 0 Å². The van der Waals surface area contributed by atoms with Crippen molar-refractivity contribution in [1.29, 1.82) is 0 Å². The van der Waals surface area contributed by atoms with Gasteiger partial charge in [0.2, 0.25) is 0 Å². The molecule has 0 aliphatic carbocycles. The number of thiophene rings is 1. The van der Waals surface area contributed by atoms with Gasteiger partial charge in [-0.15, -0.1) is 0 Å². The molecule has 0 unspecified atom stereocenters. The molecule has 0 aromatic carbocycles. The Bertz CT molecular complexity index is 208. The van der Waals surface area contributed by atoms with E-state index in [0.29, 0.717) is 13.2 Å². The van der Waals surface area contributed by atoms with Gasteiger partial charge in [-0.1, -0.05) is 5.16 Å². The Hall–Kier alpha value is -0.870. The van der Waals surface area contributed by atoms with Gasteiger partial charge in [0.15, 0.2) is 0 Å². The SMILES string of the molecule is NCCO/N=C/c1ccsc1. The number of hydrogen-bond donors (Lipinski definition) is 1. The zero-order valence-electron chi connectivity index (χ0n) is 6.06. The highest BCUT2D eigenvalue weighted by Crippen LogP contribution is 2.02. The van der Waals surface area contributed by atoms with Gasteiger partial charge in [0.05, 0.1) is 6.21 Å². The Morgan fingerprint density at radius 3 is 3.27 bits per heavy atom. The van der Waals surface area contributed by atoms with E-state index >= 15 is 0 Å². The van der Waals surface area contributed by atoms with Crippen LogP contribution in [-0.4, -0.2) is 19.4 Å². The molecule has 0 bridgehead atoms. The van der Waals surface area contributed by atoms with E-state index in [1.807, 2.05) is 16.8 Å². The van der Waals surface area contributed by atoms with Crippen molar-refractivity contribution in [3.8, 4) is 0 Å². The van der Waals surface area contributed by atoms with Crippen LogP contribution >= 0.6 is 11.3 Å². The van der Waals surface area contributed by atoms with Crippen molar-refractivity contribution < 1.29 is 4.84 Å². The zero-order chi connectivity index (χ0) is 7.94. The summed E-state index contributed by atoms with van der Waals surface area (Å²) < 4.78 is 0. The van der Waals surface area contributed by atoms with Crippen LogP contribution in [0.1, 0.15) is 5.56 Å². The molecule has 0 radical (unpaired) electrons. The quantitative estimate of drug-likeness (QED) is 0.417. The van der Waals surface area contributed by atoms with Gasteiger partial charge in [0.1, 0.15) is 6.61 Å². The van der Waals surface area contributed by atoms with Crippen molar-refractivity contribution >= 4 is 17.6 Å². The molecule has 0 fully saturated rings. The maximum absolute atomic E-state index is 5.19. The van der Waals surface area contributed by atoms with Gasteiger partial charge in [0.25, 0.3) is 0 Å². The highest BCUT2D eigenvalue weighted by Gasteiger charge is 1.84. The van der Waals surface area contributed by atoms with Gasteiger partial charge in [-0.25, -0.2) is 0 Å². The number of nitrogens with zero attached hydrogens (tertiary/aromatic N) is 1. The topological polar surface area (TPSA) is 47.6 Å². The van der Waals surface area contributed by atoms with E-state index in [4.69, 9.17) is 10.6 Å². The van der Waals surface area contributed by atoms with E-state index in [-0.39, 0.29) is 0 Å². The first-order valence-corrected chi connectivity index (χ1v) is 4.25. The van der Waals surface area contributed by atoms with Gasteiger partial charge in [0, 0.05) is 12.1 Å². The summed E-state index contributed by atoms with van der Waals surface area (Å²) in [4.78, 5) is 4.81. The lowest BCUT2D eigenvalue weighted by Crippen LogP contribution is -2.05. The molecule has 2 N–H and O–H groups in total. The third-order valence-corrected chi connectivity index (χ3v) is 1.73. The molecule has 0 saturated heterocycles. The summed E-state index contributed by atoms with van der Waals surface area (Å²) in [5, 5.41) is 7.69. The van der Waals surface area contributed by atoms with Crippen LogP contribution in [0.4, 0.5) is 0 Å². The Morgan fingerprint density at radius 2 is 2.64 bits per heavy atom. The van der Waals surface area contributed by atoms with Crippen LogP contribution in [0.2, 0.25) is 0 Å². The molecule has 0 saturated carbocycles. The van der Waals surface area contributed by atoms with E-state index < -0.39 is 0 Å². The minimum Gasteiger partial charge on any atom is -0.394 e. The Balaban J connectivity index is 2.25. The lowest BCUT2D eigenvalue weighted by atomic mass is 10.4. The fraction of sp³-hybridized carbons (Fsp3) is 0.286. The standard InChI is InChI=1S/C7H10N2OS/c8-2-3-10-9-5-7-1-4-11-6-7/h1,4-6H,2-3,8H2/b9-5+. The summed E-state index contributed by atoms with van der Waals surface area (Å²) in [6.07, 6.45) is 1.67. The molecule has 0 aliphatic heterocycles. The zero-order valence-corrected chi connectivity index (χ0v) is 6.88. The van der Waals surface area contributed by atoms with Crippen molar-refractivity contribution in [3.05, 3.63) is 22.4 Å². The van der Waals surface area contributed by atoms with Gasteiger partial charge < -0.3 is 10.6 Å². The molecule has 0 spiro atoms. The first-order chi connectivity index (χ1) is 5.43. The van der Waals surface area contributed by atoms with E-state index in [9.17, 15) is 0 Å². The van der Waals surface area contributed by atoms with Crippen molar-refractivity contribution in [3.63, 3.8) is 0 Å². The molecule has 1 aromatic heterocycles. The average Bonchev–Trinajstić information content (AvgIpc) is 2.50. The van der Waals surface area contributed by atoms with Crippen molar-refractivity contribution in [2.24, 2.45) is 10.9 Å². The fourth-order valence-electron chi connectivity index (χ4n) is 0.552. The van der Waals surface area contributed by atoms with Crippen LogP contribution in [0, 0.1) is 0 Å². The smallest absolute Gasteiger partial charge is 0.129 e. The first-order valence-electron chi connectivity index (χ1n) is 3.31. The highest BCUT2D eigenvalue weighted by atomic mass is 32.1. The molecule has 1 heterocycles. The molecule has 1 aromatic rings. The van der Waals surface area contributed by atoms with Crippen molar-refractivity contribution in [1.82, 2.24) is 0 Å². The minimum absolute atomic E-state index is 0.473. The Kier molecular flexibility index (Phi) is 3.64. The van der Waals surface area contributed by atoms with E-state index in [0.717, 1.165) is 5.56 Å². The molecule has 3 nitrogen and oxygen atoms in total. The number of nitrogens with two attached hydrogens (primary N) is 1. The average molecular weight is 170 g/mol. The predicted octanol–water partition coefficient (Wildman–Crippen LogP) is 1.06. The monoisotopic (exact) mass is 170 g/mol. The molecule has 1 rings (SSSR count). The van der Waals surface area contributed by atoms with Crippen LogP contribution in [0.3, 0.4) is 0 Å². The van der Waals surface area contributed by atoms with Gasteiger partial charge >= 0.3 is 0 Å². The minimum atomic E-state index is 0.473. The van der Waals surface area contributed by atoms with Crippen molar-refractivity contribution in [2.45, 2.75) is 0 Å². The number of rotatable bonds is 4. The van der Waals surface area contributed by atoms with Crippen LogP contribution in [0.15, 0.2) is 22.0 Å². The van der Waals surface area contributed by atoms with Gasteiger partial charge in [-0.2, -0.15) is 11.3 Å². The summed E-state index contributed by atoms with van der Waals surface area (Å²) in [6.45, 7) is 0.974. The summed E-state index contributed by atoms with van der Waals surface area (Å²) in [5.74, 6) is 0. The molecular formula is C7H10N2OS. The summed E-state index contributed by atoms with van der Waals surface area (Å²) in [5.41, 5.74) is 6.25. The molecule has 4 heteroatoms. The van der Waals surface area contributed by atoms with Crippen molar-refractivity contribution in [2.75, 3.05) is 13.2 Å². The second-order valence-corrected chi connectivity index (χ2v) is 2.69. The van der Waals surface area contributed by atoms with Gasteiger partial charge in [-0.3, -0.25) is 0 Å². The van der Waals surface area contributed by atoms with Crippen LogP contribution in [-0.2, 0) is 4.84 Å². The summed E-state index contributed by atoms with van der Waals surface area (Å²) in [6, 6.07) is 1.97. The lowest BCUT2D eigenvalue weighted by molar-refractivity contribution is 0.154. The summed E-state index contributed by atoms with van der Waals surface area (Å²) in [7, 11) is 0. The van der Waals surface area contributed by atoms with Crippen LogP contribution < -0.4 is 5.73 Å². The lowest BCUT2D eigenvalue weighted by Gasteiger charge is -1.91.